The Morgan fingerprint density at radius 3 is 2.67 bits per heavy atom. The van der Waals surface area contributed by atoms with Gasteiger partial charge >= 0.3 is 0 Å². The molecule has 1 fully saturated rings. The fourth-order valence-corrected chi connectivity index (χ4v) is 4.84. The highest BCUT2D eigenvalue weighted by molar-refractivity contribution is 7.99. The van der Waals surface area contributed by atoms with Gasteiger partial charge < -0.3 is 9.64 Å². The van der Waals surface area contributed by atoms with Crippen LogP contribution >= 0.6 is 34.7 Å². The molecule has 11 heteroatoms. The molecule has 4 rings (SSSR count). The van der Waals surface area contributed by atoms with E-state index < -0.39 is 0 Å². The van der Waals surface area contributed by atoms with E-state index in [0.29, 0.717) is 47.8 Å². The van der Waals surface area contributed by atoms with Crippen molar-refractivity contribution in [3.63, 3.8) is 0 Å². The quantitative estimate of drug-likeness (QED) is 0.393. The summed E-state index contributed by atoms with van der Waals surface area (Å²) in [6.45, 7) is 2.39. The third kappa shape index (κ3) is 5.07. The molecular weight excluding hydrogens is 446 g/mol. The van der Waals surface area contributed by atoms with Gasteiger partial charge in [0.1, 0.15) is 0 Å². The number of carbonyl (C=O) groups is 2. The van der Waals surface area contributed by atoms with Crippen LogP contribution in [-0.2, 0) is 16.0 Å². The summed E-state index contributed by atoms with van der Waals surface area (Å²) in [5.41, 5.74) is 0.763. The predicted molar refractivity (Wildman–Crippen MR) is 115 cm³/mol. The van der Waals surface area contributed by atoms with E-state index in [2.05, 4.69) is 15.5 Å². The molecular formula is C19H18ClN5O3S2. The number of thiophene rings is 1. The first-order chi connectivity index (χ1) is 14.6. The molecule has 1 aliphatic heterocycles. The standard InChI is InChI=1S/C19H18ClN5O3S2/c20-13-1-3-14(4-2-13)25-19(21-22-23-25)29-12-16(26)17-6-5-15(30-17)11-18(27)24-7-9-28-10-8-24/h1-6H,7-12H2. The molecule has 1 aromatic carbocycles. The summed E-state index contributed by atoms with van der Waals surface area (Å²) in [5.74, 6) is 0.238. The average molecular weight is 464 g/mol. The molecule has 0 spiro atoms. The largest absolute Gasteiger partial charge is 0.378 e. The van der Waals surface area contributed by atoms with Gasteiger partial charge in [0.25, 0.3) is 0 Å². The van der Waals surface area contributed by atoms with E-state index in [1.165, 1.54) is 23.1 Å². The van der Waals surface area contributed by atoms with Crippen LogP contribution in [0.3, 0.4) is 0 Å². The predicted octanol–water partition coefficient (Wildman–Crippen LogP) is 2.75. The Morgan fingerprint density at radius 1 is 1.13 bits per heavy atom. The number of rotatable bonds is 7. The smallest absolute Gasteiger partial charge is 0.227 e. The number of hydrogen-bond acceptors (Lipinski definition) is 8. The van der Waals surface area contributed by atoms with Crippen molar-refractivity contribution in [2.75, 3.05) is 32.1 Å². The summed E-state index contributed by atoms with van der Waals surface area (Å²) in [7, 11) is 0. The number of hydrogen-bond donors (Lipinski definition) is 0. The molecule has 0 bridgehead atoms. The molecule has 0 saturated carbocycles. The van der Waals surface area contributed by atoms with Gasteiger partial charge in [-0.3, -0.25) is 9.59 Å². The lowest BCUT2D eigenvalue weighted by Gasteiger charge is -2.26. The summed E-state index contributed by atoms with van der Waals surface area (Å²) in [4.78, 5) is 28.3. The summed E-state index contributed by atoms with van der Waals surface area (Å²) in [6.07, 6.45) is 0.305. The molecule has 3 aromatic rings. The number of aromatic nitrogens is 4. The van der Waals surface area contributed by atoms with E-state index in [0.717, 1.165) is 10.6 Å². The Labute approximate surface area is 186 Å². The zero-order valence-corrected chi connectivity index (χ0v) is 18.3. The highest BCUT2D eigenvalue weighted by atomic mass is 35.5. The average Bonchev–Trinajstić information content (AvgIpc) is 3.43. The summed E-state index contributed by atoms with van der Waals surface area (Å²) in [5, 5.41) is 12.8. The molecule has 0 radical (unpaired) electrons. The lowest BCUT2D eigenvalue weighted by Crippen LogP contribution is -2.41. The van der Waals surface area contributed by atoms with Crippen molar-refractivity contribution in [3.8, 4) is 5.69 Å². The summed E-state index contributed by atoms with van der Waals surface area (Å²) in [6, 6.07) is 10.7. The molecule has 1 amide bonds. The third-order valence-corrected chi connectivity index (χ3v) is 6.77. The maximum absolute atomic E-state index is 12.6. The number of morpholine rings is 1. The zero-order valence-electron chi connectivity index (χ0n) is 15.9. The summed E-state index contributed by atoms with van der Waals surface area (Å²) < 4.78 is 6.84. The molecule has 8 nitrogen and oxygen atoms in total. The first-order valence-electron chi connectivity index (χ1n) is 9.25. The highest BCUT2D eigenvalue weighted by Crippen LogP contribution is 2.24. The van der Waals surface area contributed by atoms with E-state index in [9.17, 15) is 9.59 Å². The molecule has 1 aliphatic rings. The number of amides is 1. The number of halogens is 1. The van der Waals surface area contributed by atoms with Crippen LogP contribution in [0.2, 0.25) is 5.02 Å². The molecule has 156 valence electrons. The van der Waals surface area contributed by atoms with Crippen LogP contribution < -0.4 is 0 Å². The van der Waals surface area contributed by atoms with Crippen molar-refractivity contribution < 1.29 is 14.3 Å². The third-order valence-electron chi connectivity index (χ3n) is 4.47. The van der Waals surface area contributed by atoms with Crippen molar-refractivity contribution in [1.82, 2.24) is 25.1 Å². The molecule has 30 heavy (non-hydrogen) atoms. The van der Waals surface area contributed by atoms with E-state index in [1.54, 1.807) is 27.8 Å². The van der Waals surface area contributed by atoms with Gasteiger partial charge in [-0.15, -0.1) is 16.4 Å². The molecule has 0 atom stereocenters. The Hall–Kier alpha value is -2.27. The molecule has 3 heterocycles. The normalized spacial score (nSPS) is 14.1. The monoisotopic (exact) mass is 463 g/mol. The number of benzene rings is 1. The van der Waals surface area contributed by atoms with Crippen LogP contribution in [0.25, 0.3) is 5.69 Å². The minimum Gasteiger partial charge on any atom is -0.378 e. The number of tetrazole rings is 1. The number of nitrogens with zero attached hydrogens (tertiary/aromatic N) is 5. The fourth-order valence-electron chi connectivity index (χ4n) is 2.91. The fraction of sp³-hybridized carbons (Fsp3) is 0.316. The molecule has 0 aliphatic carbocycles. The van der Waals surface area contributed by atoms with Crippen molar-refractivity contribution in [2.45, 2.75) is 11.6 Å². The zero-order chi connectivity index (χ0) is 20.9. The van der Waals surface area contributed by atoms with Crippen LogP contribution in [0.5, 0.6) is 0 Å². The molecule has 1 saturated heterocycles. The van der Waals surface area contributed by atoms with Gasteiger partial charge in [0, 0.05) is 23.0 Å². The highest BCUT2D eigenvalue weighted by Gasteiger charge is 2.19. The Bertz CT molecular complexity index is 1030. The van der Waals surface area contributed by atoms with Crippen molar-refractivity contribution in [3.05, 3.63) is 51.2 Å². The lowest BCUT2D eigenvalue weighted by molar-refractivity contribution is -0.134. The first-order valence-corrected chi connectivity index (χ1v) is 11.4. The Kier molecular flexibility index (Phi) is 6.78. The van der Waals surface area contributed by atoms with Gasteiger partial charge in [0.05, 0.1) is 36.0 Å². The first kappa shape index (κ1) is 21.0. The van der Waals surface area contributed by atoms with E-state index in [-0.39, 0.29) is 17.4 Å². The van der Waals surface area contributed by atoms with E-state index in [4.69, 9.17) is 16.3 Å². The molecule has 2 aromatic heterocycles. The maximum Gasteiger partial charge on any atom is 0.227 e. The SMILES string of the molecule is O=C(CSc1nnnn1-c1ccc(Cl)cc1)c1ccc(CC(=O)N2CCOCC2)s1. The van der Waals surface area contributed by atoms with Crippen LogP contribution in [-0.4, -0.2) is 68.9 Å². The second-order valence-electron chi connectivity index (χ2n) is 6.50. The van der Waals surface area contributed by atoms with Gasteiger partial charge in [-0.05, 0) is 46.8 Å². The van der Waals surface area contributed by atoms with E-state index >= 15 is 0 Å². The molecule has 0 unspecified atom stereocenters. The van der Waals surface area contributed by atoms with Crippen LogP contribution in [0, 0.1) is 0 Å². The second kappa shape index (κ2) is 9.69. The minimum absolute atomic E-state index is 0.0271. The van der Waals surface area contributed by atoms with Crippen molar-refractivity contribution in [1.29, 1.82) is 0 Å². The van der Waals surface area contributed by atoms with E-state index in [1.807, 2.05) is 18.2 Å². The number of ketones is 1. The van der Waals surface area contributed by atoms with Crippen molar-refractivity contribution in [2.24, 2.45) is 0 Å². The number of thioether (sulfide) groups is 1. The number of ether oxygens (including phenoxy) is 1. The lowest BCUT2D eigenvalue weighted by atomic mass is 10.3. The van der Waals surface area contributed by atoms with Crippen LogP contribution in [0.1, 0.15) is 14.5 Å². The van der Waals surface area contributed by atoms with Gasteiger partial charge in [0.2, 0.25) is 11.1 Å². The number of Topliss-reactive ketones (excluding diaryl/α,β-unsaturated/α-hetero) is 1. The molecule has 0 N–H and O–H groups in total. The van der Waals surface area contributed by atoms with Crippen LogP contribution in [0.4, 0.5) is 0 Å². The minimum atomic E-state index is -0.0271. The number of carbonyl (C=O) groups excluding carboxylic acids is 2. The maximum atomic E-state index is 12.6. The second-order valence-corrected chi connectivity index (χ2v) is 9.04. The Balaban J connectivity index is 1.35. The van der Waals surface area contributed by atoms with Gasteiger partial charge in [-0.2, -0.15) is 4.68 Å². The van der Waals surface area contributed by atoms with Crippen molar-refractivity contribution >= 4 is 46.4 Å². The van der Waals surface area contributed by atoms with Gasteiger partial charge in [-0.25, -0.2) is 0 Å². The van der Waals surface area contributed by atoms with Gasteiger partial charge in [-0.1, -0.05) is 23.4 Å². The topological polar surface area (TPSA) is 90.2 Å². The summed E-state index contributed by atoms with van der Waals surface area (Å²) >= 11 is 8.54. The van der Waals surface area contributed by atoms with Gasteiger partial charge in [0.15, 0.2) is 5.78 Å². The Morgan fingerprint density at radius 2 is 1.90 bits per heavy atom. The van der Waals surface area contributed by atoms with Crippen LogP contribution in [0.15, 0.2) is 41.6 Å².